The van der Waals surface area contributed by atoms with Gasteiger partial charge in [-0.2, -0.15) is 0 Å². The Morgan fingerprint density at radius 2 is 1.69 bits per heavy atom. The Kier molecular flexibility index (Phi) is 5.89. The summed E-state index contributed by atoms with van der Waals surface area (Å²) < 4.78 is 5.27. The van der Waals surface area contributed by atoms with Gasteiger partial charge < -0.3 is 15.4 Å². The van der Waals surface area contributed by atoms with Crippen LogP contribution in [0.5, 0.6) is 5.75 Å². The molecule has 1 atom stereocenters. The SMILES string of the molecule is COc1ccccc1NC(=O)C[C@@H]1C(=O)Nc2ccccc2N1C(=O)c1ccc(C)cc1. The van der Waals surface area contributed by atoms with Gasteiger partial charge in [-0.3, -0.25) is 19.3 Å². The van der Waals surface area contributed by atoms with Crippen LogP contribution in [0.25, 0.3) is 0 Å². The van der Waals surface area contributed by atoms with Gasteiger partial charge in [-0.1, -0.05) is 42.0 Å². The summed E-state index contributed by atoms with van der Waals surface area (Å²) in [6.45, 7) is 1.93. The van der Waals surface area contributed by atoms with E-state index in [4.69, 9.17) is 4.74 Å². The lowest BCUT2D eigenvalue weighted by Gasteiger charge is -2.36. The molecule has 3 aromatic rings. The number of ether oxygens (including phenoxy) is 1. The minimum atomic E-state index is -1.01. The molecule has 0 aromatic heterocycles. The summed E-state index contributed by atoms with van der Waals surface area (Å²) in [4.78, 5) is 40.7. The molecule has 1 aliphatic rings. The fourth-order valence-corrected chi connectivity index (χ4v) is 3.69. The average molecular weight is 429 g/mol. The number of anilines is 3. The molecule has 1 aliphatic heterocycles. The molecule has 0 radical (unpaired) electrons. The Bertz CT molecular complexity index is 1170. The van der Waals surface area contributed by atoms with Gasteiger partial charge >= 0.3 is 0 Å². The summed E-state index contributed by atoms with van der Waals surface area (Å²) in [5.74, 6) is -0.663. The van der Waals surface area contributed by atoms with Crippen LogP contribution in [0.3, 0.4) is 0 Å². The number of carbonyl (C=O) groups excluding carboxylic acids is 3. The van der Waals surface area contributed by atoms with Crippen molar-refractivity contribution in [3.63, 3.8) is 0 Å². The van der Waals surface area contributed by atoms with Crippen molar-refractivity contribution in [2.75, 3.05) is 22.6 Å². The summed E-state index contributed by atoms with van der Waals surface area (Å²) in [7, 11) is 1.51. The van der Waals surface area contributed by atoms with Crippen molar-refractivity contribution in [1.29, 1.82) is 0 Å². The Morgan fingerprint density at radius 1 is 1.00 bits per heavy atom. The molecule has 0 unspecified atom stereocenters. The van der Waals surface area contributed by atoms with E-state index in [2.05, 4.69) is 10.6 Å². The first-order chi connectivity index (χ1) is 15.5. The lowest BCUT2D eigenvalue weighted by molar-refractivity contribution is -0.122. The molecule has 4 rings (SSSR count). The zero-order valence-electron chi connectivity index (χ0n) is 17.8. The molecular weight excluding hydrogens is 406 g/mol. The average Bonchev–Trinajstić information content (AvgIpc) is 2.80. The van der Waals surface area contributed by atoms with Crippen molar-refractivity contribution in [1.82, 2.24) is 0 Å². The number of hydrogen-bond donors (Lipinski definition) is 2. The van der Waals surface area contributed by atoms with Gasteiger partial charge in [0.05, 0.1) is 30.6 Å². The maximum Gasteiger partial charge on any atom is 0.259 e. The molecule has 162 valence electrons. The monoisotopic (exact) mass is 429 g/mol. The number of nitrogens with zero attached hydrogens (tertiary/aromatic N) is 1. The van der Waals surface area contributed by atoms with E-state index in [-0.39, 0.29) is 12.3 Å². The molecule has 3 aromatic carbocycles. The first kappa shape index (κ1) is 21.1. The number of methoxy groups -OCH3 is 1. The van der Waals surface area contributed by atoms with Crippen molar-refractivity contribution < 1.29 is 19.1 Å². The van der Waals surface area contributed by atoms with Gasteiger partial charge in [0.1, 0.15) is 11.8 Å². The predicted octanol–water partition coefficient (Wildman–Crippen LogP) is 4.00. The fourth-order valence-electron chi connectivity index (χ4n) is 3.69. The van der Waals surface area contributed by atoms with E-state index in [1.807, 2.05) is 19.1 Å². The molecule has 3 amide bonds. The van der Waals surface area contributed by atoms with Crippen LogP contribution in [0.2, 0.25) is 0 Å². The Balaban J connectivity index is 1.65. The maximum absolute atomic E-state index is 13.5. The van der Waals surface area contributed by atoms with Crippen LogP contribution in [0.4, 0.5) is 17.1 Å². The number of nitrogens with one attached hydrogen (secondary N) is 2. The van der Waals surface area contributed by atoms with Gasteiger partial charge in [-0.05, 0) is 43.3 Å². The van der Waals surface area contributed by atoms with E-state index in [1.165, 1.54) is 12.0 Å². The van der Waals surface area contributed by atoms with Crippen molar-refractivity contribution >= 4 is 34.8 Å². The topological polar surface area (TPSA) is 87.7 Å². The van der Waals surface area contributed by atoms with Crippen molar-refractivity contribution in [2.45, 2.75) is 19.4 Å². The van der Waals surface area contributed by atoms with E-state index in [0.717, 1.165) is 5.56 Å². The first-order valence-electron chi connectivity index (χ1n) is 10.2. The lowest BCUT2D eigenvalue weighted by Crippen LogP contribution is -2.52. The van der Waals surface area contributed by atoms with Gasteiger partial charge in [0.15, 0.2) is 0 Å². The summed E-state index contributed by atoms with van der Waals surface area (Å²) in [5, 5.41) is 5.59. The lowest BCUT2D eigenvalue weighted by atomic mass is 10.0. The Hall–Kier alpha value is -4.13. The zero-order chi connectivity index (χ0) is 22.7. The number of aryl methyl sites for hydroxylation is 1. The van der Waals surface area contributed by atoms with E-state index in [1.54, 1.807) is 60.7 Å². The highest BCUT2D eigenvalue weighted by Crippen LogP contribution is 2.34. The molecule has 0 spiro atoms. The molecule has 0 fully saturated rings. The van der Waals surface area contributed by atoms with E-state index in [9.17, 15) is 14.4 Å². The van der Waals surface area contributed by atoms with Crippen molar-refractivity contribution in [2.24, 2.45) is 0 Å². The second-order valence-corrected chi connectivity index (χ2v) is 7.52. The quantitative estimate of drug-likeness (QED) is 0.642. The molecule has 32 heavy (non-hydrogen) atoms. The Labute approximate surface area is 186 Å². The number of rotatable bonds is 5. The molecule has 0 saturated heterocycles. The second kappa shape index (κ2) is 8.93. The normalized spacial score (nSPS) is 14.9. The maximum atomic E-state index is 13.5. The van der Waals surface area contributed by atoms with Gasteiger partial charge in [0.2, 0.25) is 11.8 Å². The van der Waals surface area contributed by atoms with Gasteiger partial charge in [0, 0.05) is 5.56 Å². The van der Waals surface area contributed by atoms with Crippen LogP contribution in [-0.4, -0.2) is 30.9 Å². The number of hydrogen-bond acceptors (Lipinski definition) is 4. The largest absolute Gasteiger partial charge is 0.495 e. The molecule has 0 aliphatic carbocycles. The molecule has 1 heterocycles. The second-order valence-electron chi connectivity index (χ2n) is 7.52. The molecular formula is C25H23N3O4. The predicted molar refractivity (Wildman–Crippen MR) is 123 cm³/mol. The number of amides is 3. The Morgan fingerprint density at radius 3 is 2.44 bits per heavy atom. The molecule has 7 heteroatoms. The number of carbonyl (C=O) groups is 3. The van der Waals surface area contributed by atoms with Crippen LogP contribution in [0, 0.1) is 6.92 Å². The molecule has 2 N–H and O–H groups in total. The molecule has 7 nitrogen and oxygen atoms in total. The van der Waals surface area contributed by atoms with Crippen molar-refractivity contribution in [3.05, 3.63) is 83.9 Å². The third-order valence-electron chi connectivity index (χ3n) is 5.31. The van der Waals surface area contributed by atoms with Crippen LogP contribution in [-0.2, 0) is 9.59 Å². The summed E-state index contributed by atoms with van der Waals surface area (Å²) in [6, 6.07) is 20.2. The van der Waals surface area contributed by atoms with E-state index >= 15 is 0 Å². The zero-order valence-corrected chi connectivity index (χ0v) is 17.8. The number of fused-ring (bicyclic) bond motifs is 1. The minimum Gasteiger partial charge on any atom is -0.495 e. The van der Waals surface area contributed by atoms with Crippen molar-refractivity contribution in [3.8, 4) is 5.75 Å². The number of para-hydroxylation sites is 4. The smallest absolute Gasteiger partial charge is 0.259 e. The fraction of sp³-hybridized carbons (Fsp3) is 0.160. The van der Waals surface area contributed by atoms with Gasteiger partial charge in [-0.25, -0.2) is 0 Å². The third-order valence-corrected chi connectivity index (χ3v) is 5.31. The number of benzene rings is 3. The van der Waals surface area contributed by atoms with Crippen LogP contribution in [0.15, 0.2) is 72.8 Å². The highest BCUT2D eigenvalue weighted by Gasteiger charge is 2.38. The van der Waals surface area contributed by atoms with Crippen LogP contribution >= 0.6 is 0 Å². The molecule has 0 bridgehead atoms. The summed E-state index contributed by atoms with van der Waals surface area (Å²) in [5.41, 5.74) is 3.03. The summed E-state index contributed by atoms with van der Waals surface area (Å²) in [6.07, 6.45) is -0.212. The standard InChI is InChI=1S/C25H23N3O4/c1-16-11-13-17(14-12-16)25(31)28-20-9-5-3-7-18(20)27-24(30)21(28)15-23(29)26-19-8-4-6-10-22(19)32-2/h3-14,21H,15H2,1-2H3,(H,26,29)(H,27,30)/t21-/m1/s1. The van der Waals surface area contributed by atoms with E-state index < -0.39 is 17.9 Å². The van der Waals surface area contributed by atoms with Gasteiger partial charge in [-0.15, -0.1) is 0 Å². The van der Waals surface area contributed by atoms with Crippen LogP contribution in [0.1, 0.15) is 22.3 Å². The highest BCUT2D eigenvalue weighted by atomic mass is 16.5. The summed E-state index contributed by atoms with van der Waals surface area (Å²) >= 11 is 0. The molecule has 0 saturated carbocycles. The first-order valence-corrected chi connectivity index (χ1v) is 10.2. The highest BCUT2D eigenvalue weighted by molar-refractivity contribution is 6.17. The van der Waals surface area contributed by atoms with E-state index in [0.29, 0.717) is 28.4 Å². The third kappa shape index (κ3) is 4.18. The van der Waals surface area contributed by atoms with Gasteiger partial charge in [0.25, 0.3) is 5.91 Å². The minimum absolute atomic E-state index is 0.212. The van der Waals surface area contributed by atoms with Crippen LogP contribution < -0.4 is 20.3 Å².